The zero-order chi connectivity index (χ0) is 28.2. The smallest absolute Gasteiger partial charge is 0.309 e. The number of ether oxygens (including phenoxy) is 2. The van der Waals surface area contributed by atoms with Gasteiger partial charge in [0.25, 0.3) is 0 Å². The van der Waals surface area contributed by atoms with Gasteiger partial charge in [-0.05, 0) is 62.5 Å². The van der Waals surface area contributed by atoms with Crippen molar-refractivity contribution in [2.24, 2.45) is 5.41 Å². The molecule has 0 radical (unpaired) electrons. The van der Waals surface area contributed by atoms with E-state index in [0.29, 0.717) is 72.4 Å². The van der Waals surface area contributed by atoms with Crippen LogP contribution < -0.4 is 9.47 Å². The van der Waals surface area contributed by atoms with Gasteiger partial charge in [0, 0.05) is 35.8 Å². The van der Waals surface area contributed by atoms with Gasteiger partial charge in [0.05, 0.1) is 30.8 Å². The van der Waals surface area contributed by atoms with Crippen molar-refractivity contribution >= 4 is 16.9 Å². The van der Waals surface area contributed by atoms with Crippen LogP contribution in [0.4, 0.5) is 13.2 Å². The summed E-state index contributed by atoms with van der Waals surface area (Å²) in [5.41, 5.74) is 0.507. The normalized spacial score (nSPS) is 16.3. The number of rotatable bonds is 11. The Balaban J connectivity index is 1.39. The highest BCUT2D eigenvalue weighted by Gasteiger charge is 2.41. The topological polar surface area (TPSA) is 112 Å². The van der Waals surface area contributed by atoms with Crippen molar-refractivity contribution in [2.75, 3.05) is 33.4 Å². The number of carboxylic acid groups (broad SMARTS) is 1. The number of benzene rings is 2. The summed E-state index contributed by atoms with van der Waals surface area (Å²) in [4.78, 5) is 18.6. The average molecular weight is 549 g/mol. The summed E-state index contributed by atoms with van der Waals surface area (Å²) in [5.74, 6) is -4.32. The standard InChI is InChI=1S/C28H31F3N2O6/c1-38-19-2-3-23-20(14-19)25(17(16-34)15-32-23)24(35)4-5-28(27(36)37)6-8-33(9-7-28)10-11-39-26-21(30)12-18(29)13-22(26)31/h2-3,12-15,24,34-35H,4-11,16H2,1H3,(H,36,37)/t24-/m1/s1. The lowest BCUT2D eigenvalue weighted by atomic mass is 9.74. The number of piperidine rings is 1. The Hall–Kier alpha value is -3.41. The fraction of sp³-hybridized carbons (Fsp3) is 0.429. The Bertz CT molecular complexity index is 1300. The maximum atomic E-state index is 13.8. The summed E-state index contributed by atoms with van der Waals surface area (Å²) in [6, 6.07) is 6.32. The van der Waals surface area contributed by atoms with Crippen molar-refractivity contribution in [1.29, 1.82) is 0 Å². The number of carboxylic acids is 1. The quantitative estimate of drug-likeness (QED) is 0.327. The first-order chi connectivity index (χ1) is 18.7. The molecule has 0 spiro atoms. The highest BCUT2D eigenvalue weighted by Crippen LogP contribution is 2.40. The average Bonchev–Trinajstić information content (AvgIpc) is 2.92. The van der Waals surface area contributed by atoms with Crippen LogP contribution >= 0.6 is 0 Å². The predicted molar refractivity (Wildman–Crippen MR) is 136 cm³/mol. The Morgan fingerprint density at radius 2 is 1.85 bits per heavy atom. The zero-order valence-electron chi connectivity index (χ0n) is 21.5. The van der Waals surface area contributed by atoms with Gasteiger partial charge >= 0.3 is 5.97 Å². The van der Waals surface area contributed by atoms with E-state index in [9.17, 15) is 33.3 Å². The molecule has 11 heteroatoms. The number of aromatic nitrogens is 1. The lowest BCUT2D eigenvalue weighted by Gasteiger charge is -2.39. The molecular formula is C28H31F3N2O6. The Morgan fingerprint density at radius 3 is 2.46 bits per heavy atom. The van der Waals surface area contributed by atoms with E-state index in [0.717, 1.165) is 0 Å². The number of hydrogen-bond acceptors (Lipinski definition) is 7. The van der Waals surface area contributed by atoms with E-state index in [1.54, 1.807) is 18.2 Å². The lowest BCUT2D eigenvalue weighted by Crippen LogP contribution is -2.45. The molecule has 2 heterocycles. The minimum atomic E-state index is -1.13. The van der Waals surface area contributed by atoms with Crippen LogP contribution in [-0.4, -0.2) is 64.5 Å². The van der Waals surface area contributed by atoms with Crippen molar-refractivity contribution in [3.63, 3.8) is 0 Å². The van der Waals surface area contributed by atoms with Crippen LogP contribution in [0.25, 0.3) is 10.9 Å². The Labute approximate surface area is 223 Å². The fourth-order valence-corrected chi connectivity index (χ4v) is 5.16. The van der Waals surface area contributed by atoms with Gasteiger partial charge in [0.2, 0.25) is 0 Å². The predicted octanol–water partition coefficient (Wildman–Crippen LogP) is 4.21. The van der Waals surface area contributed by atoms with Gasteiger partial charge in [0.15, 0.2) is 17.4 Å². The number of aliphatic carboxylic acids is 1. The molecule has 39 heavy (non-hydrogen) atoms. The van der Waals surface area contributed by atoms with Gasteiger partial charge in [-0.1, -0.05) is 0 Å². The molecule has 0 saturated carbocycles. The summed E-state index contributed by atoms with van der Waals surface area (Å²) < 4.78 is 51.1. The third kappa shape index (κ3) is 6.26. The molecule has 1 aliphatic rings. The van der Waals surface area contributed by atoms with Crippen molar-refractivity contribution in [3.05, 3.63) is 65.1 Å². The number of fused-ring (bicyclic) bond motifs is 1. The number of likely N-dealkylation sites (tertiary alicyclic amines) is 1. The summed E-state index contributed by atoms with van der Waals surface area (Å²) in [6.45, 7) is 0.744. The summed E-state index contributed by atoms with van der Waals surface area (Å²) in [7, 11) is 1.52. The SMILES string of the molecule is COc1ccc2ncc(CO)c([C@H](O)CCC3(C(=O)O)CCN(CCOc4c(F)cc(F)cc4F)CC3)c2c1. The minimum absolute atomic E-state index is 0.0548. The van der Waals surface area contributed by atoms with Crippen LogP contribution in [0.3, 0.4) is 0 Å². The van der Waals surface area contributed by atoms with Gasteiger partial charge in [-0.15, -0.1) is 0 Å². The molecule has 1 atom stereocenters. The van der Waals surface area contributed by atoms with E-state index in [2.05, 4.69) is 4.98 Å². The largest absolute Gasteiger partial charge is 0.497 e. The fourth-order valence-electron chi connectivity index (χ4n) is 5.16. The van der Waals surface area contributed by atoms with E-state index in [1.807, 2.05) is 4.90 Å². The summed E-state index contributed by atoms with van der Waals surface area (Å²) in [5, 5.41) is 31.8. The molecule has 8 nitrogen and oxygen atoms in total. The van der Waals surface area contributed by atoms with E-state index in [1.165, 1.54) is 13.3 Å². The van der Waals surface area contributed by atoms with Crippen LogP contribution in [0.5, 0.6) is 11.5 Å². The van der Waals surface area contributed by atoms with Crippen molar-refractivity contribution in [2.45, 2.75) is 38.4 Å². The molecule has 1 aromatic heterocycles. The van der Waals surface area contributed by atoms with E-state index in [4.69, 9.17) is 9.47 Å². The number of methoxy groups -OCH3 is 1. The Kier molecular flexibility index (Phi) is 8.94. The van der Waals surface area contributed by atoms with E-state index in [-0.39, 0.29) is 26.1 Å². The maximum Gasteiger partial charge on any atom is 0.309 e. The van der Waals surface area contributed by atoms with Crippen LogP contribution in [0.15, 0.2) is 36.5 Å². The zero-order valence-corrected chi connectivity index (χ0v) is 21.5. The van der Waals surface area contributed by atoms with Crippen molar-refractivity contribution in [1.82, 2.24) is 9.88 Å². The number of aliphatic hydroxyl groups excluding tert-OH is 2. The number of hydrogen-bond donors (Lipinski definition) is 3. The first kappa shape index (κ1) is 28.6. The lowest BCUT2D eigenvalue weighted by molar-refractivity contribution is -0.153. The van der Waals surface area contributed by atoms with Gasteiger partial charge < -0.3 is 24.8 Å². The van der Waals surface area contributed by atoms with Gasteiger partial charge in [-0.25, -0.2) is 13.2 Å². The molecule has 210 valence electrons. The van der Waals surface area contributed by atoms with Gasteiger partial charge in [-0.3, -0.25) is 14.7 Å². The first-order valence-electron chi connectivity index (χ1n) is 12.6. The number of carbonyl (C=O) groups is 1. The second kappa shape index (κ2) is 12.2. The third-order valence-corrected chi connectivity index (χ3v) is 7.48. The molecule has 0 aliphatic carbocycles. The number of halogens is 3. The molecule has 3 N–H and O–H groups in total. The molecule has 4 rings (SSSR count). The molecule has 3 aromatic rings. The number of pyridine rings is 1. The second-order valence-electron chi connectivity index (χ2n) is 9.77. The molecule has 0 amide bonds. The molecule has 0 bridgehead atoms. The van der Waals surface area contributed by atoms with Gasteiger partial charge in [-0.2, -0.15) is 0 Å². The molecule has 1 saturated heterocycles. The van der Waals surface area contributed by atoms with Crippen LogP contribution in [0.1, 0.15) is 42.9 Å². The van der Waals surface area contributed by atoms with Gasteiger partial charge in [0.1, 0.15) is 18.2 Å². The van der Waals surface area contributed by atoms with Crippen LogP contribution in [0.2, 0.25) is 0 Å². The monoisotopic (exact) mass is 548 g/mol. The maximum absolute atomic E-state index is 13.8. The van der Waals surface area contributed by atoms with E-state index >= 15 is 0 Å². The second-order valence-corrected chi connectivity index (χ2v) is 9.77. The highest BCUT2D eigenvalue weighted by atomic mass is 19.1. The van der Waals surface area contributed by atoms with Crippen LogP contribution in [0, 0.1) is 22.9 Å². The number of nitrogens with zero attached hydrogens (tertiary/aromatic N) is 2. The molecule has 1 aliphatic heterocycles. The first-order valence-corrected chi connectivity index (χ1v) is 12.6. The molecule has 0 unspecified atom stereocenters. The highest BCUT2D eigenvalue weighted by molar-refractivity contribution is 5.85. The third-order valence-electron chi connectivity index (χ3n) is 7.48. The molecular weight excluding hydrogens is 517 g/mol. The van der Waals surface area contributed by atoms with E-state index < -0.39 is 40.7 Å². The molecule has 2 aromatic carbocycles. The van der Waals surface area contributed by atoms with Crippen LogP contribution in [-0.2, 0) is 11.4 Å². The summed E-state index contributed by atoms with van der Waals surface area (Å²) >= 11 is 0. The minimum Gasteiger partial charge on any atom is -0.497 e. The number of aliphatic hydroxyl groups is 2. The van der Waals surface area contributed by atoms with Crippen molar-refractivity contribution < 1.29 is 42.8 Å². The summed E-state index contributed by atoms with van der Waals surface area (Å²) in [6.07, 6.45) is 1.45. The molecule has 1 fully saturated rings. The van der Waals surface area contributed by atoms with Crippen molar-refractivity contribution in [3.8, 4) is 11.5 Å². The Morgan fingerprint density at radius 1 is 1.15 bits per heavy atom.